The number of fused-ring (bicyclic) bond motifs is 1. The van der Waals surface area contributed by atoms with E-state index in [4.69, 9.17) is 27.9 Å². The number of aromatic nitrogens is 2. The molecule has 1 amide bonds. The zero-order valence-corrected chi connectivity index (χ0v) is 15.9. The van der Waals surface area contributed by atoms with Crippen LogP contribution in [0.1, 0.15) is 28.6 Å². The Labute approximate surface area is 162 Å². The highest BCUT2D eigenvalue weighted by Gasteiger charge is 2.38. The number of aryl methyl sites for hydroxylation is 1. The van der Waals surface area contributed by atoms with Gasteiger partial charge in [-0.05, 0) is 24.1 Å². The van der Waals surface area contributed by atoms with Gasteiger partial charge in [0.25, 0.3) is 5.91 Å². The van der Waals surface area contributed by atoms with Crippen LogP contribution in [-0.2, 0) is 11.8 Å². The van der Waals surface area contributed by atoms with E-state index in [1.54, 1.807) is 17.9 Å². The van der Waals surface area contributed by atoms with Gasteiger partial charge in [0, 0.05) is 43.4 Å². The first-order valence-corrected chi connectivity index (χ1v) is 9.36. The normalized spacial score (nSPS) is 25.9. The average molecular weight is 395 g/mol. The van der Waals surface area contributed by atoms with Crippen molar-refractivity contribution >= 4 is 29.1 Å². The van der Waals surface area contributed by atoms with Crippen LogP contribution in [0.2, 0.25) is 10.0 Å². The second-order valence-electron chi connectivity index (χ2n) is 6.89. The van der Waals surface area contributed by atoms with Crippen LogP contribution in [0.5, 0.6) is 0 Å². The van der Waals surface area contributed by atoms with Crippen LogP contribution >= 0.6 is 23.2 Å². The number of nitrogens with one attached hydrogen (secondary N) is 1. The van der Waals surface area contributed by atoms with Crippen LogP contribution in [0.15, 0.2) is 30.5 Å². The van der Waals surface area contributed by atoms with Crippen molar-refractivity contribution in [1.82, 2.24) is 20.0 Å². The van der Waals surface area contributed by atoms with Gasteiger partial charge in [0.2, 0.25) is 0 Å². The van der Waals surface area contributed by atoms with Gasteiger partial charge in [0.05, 0.1) is 17.7 Å². The number of nitrogens with zero attached hydrogens (tertiary/aromatic N) is 3. The minimum absolute atomic E-state index is 0.0307. The third-order valence-electron chi connectivity index (χ3n) is 4.99. The molecule has 1 aromatic carbocycles. The summed E-state index contributed by atoms with van der Waals surface area (Å²) >= 11 is 12.0. The predicted octanol–water partition coefficient (Wildman–Crippen LogP) is 2.67. The molecule has 4 rings (SSSR count). The highest BCUT2D eigenvalue weighted by molar-refractivity contribution is 6.33. The molecule has 0 saturated carbocycles. The van der Waals surface area contributed by atoms with Gasteiger partial charge in [-0.3, -0.25) is 14.4 Å². The minimum atomic E-state index is -0.226. The van der Waals surface area contributed by atoms with Gasteiger partial charge in [-0.1, -0.05) is 35.3 Å². The highest BCUT2D eigenvalue weighted by atomic mass is 35.5. The van der Waals surface area contributed by atoms with Crippen LogP contribution in [-0.4, -0.2) is 52.4 Å². The molecule has 0 bridgehead atoms. The quantitative estimate of drug-likeness (QED) is 0.868. The number of hydrogen-bond acceptors (Lipinski definition) is 4. The topological polar surface area (TPSA) is 59.4 Å². The lowest BCUT2D eigenvalue weighted by atomic mass is 10.1. The first-order valence-electron chi connectivity index (χ1n) is 8.60. The van der Waals surface area contributed by atoms with Crippen molar-refractivity contribution < 1.29 is 9.53 Å². The molecule has 1 aromatic heterocycles. The molecule has 2 saturated heterocycles. The summed E-state index contributed by atoms with van der Waals surface area (Å²) in [4.78, 5) is 14.8. The summed E-state index contributed by atoms with van der Waals surface area (Å²) in [7, 11) is 1.74. The highest BCUT2D eigenvalue weighted by Crippen LogP contribution is 2.31. The second kappa shape index (κ2) is 7.19. The molecule has 2 aliphatic heterocycles. The molecule has 0 radical (unpaired) electrons. The smallest absolute Gasteiger partial charge is 0.273 e. The Bertz CT molecular complexity index is 808. The fraction of sp³-hybridized carbons (Fsp3) is 0.444. The van der Waals surface area contributed by atoms with Gasteiger partial charge < -0.3 is 10.1 Å². The summed E-state index contributed by atoms with van der Waals surface area (Å²) < 4.78 is 7.59. The van der Waals surface area contributed by atoms with Gasteiger partial charge >= 0.3 is 0 Å². The summed E-state index contributed by atoms with van der Waals surface area (Å²) in [5, 5.41) is 8.27. The molecule has 26 heavy (non-hydrogen) atoms. The Hall–Kier alpha value is -1.60. The van der Waals surface area contributed by atoms with Crippen molar-refractivity contribution in [2.75, 3.05) is 19.7 Å². The molecule has 2 fully saturated rings. The van der Waals surface area contributed by atoms with Crippen molar-refractivity contribution in [3.8, 4) is 0 Å². The number of morpholine rings is 1. The molecule has 3 unspecified atom stereocenters. The Morgan fingerprint density at radius 1 is 1.27 bits per heavy atom. The Balaban J connectivity index is 1.38. The van der Waals surface area contributed by atoms with Crippen molar-refractivity contribution in [1.29, 1.82) is 0 Å². The Morgan fingerprint density at radius 2 is 2.04 bits per heavy atom. The fourth-order valence-corrected chi connectivity index (χ4v) is 4.12. The van der Waals surface area contributed by atoms with Crippen LogP contribution < -0.4 is 5.32 Å². The number of hydrogen-bond donors (Lipinski definition) is 1. The maximum Gasteiger partial charge on any atom is 0.273 e. The molecular formula is C18H20Cl2N4O2. The van der Waals surface area contributed by atoms with E-state index in [9.17, 15) is 4.79 Å². The van der Waals surface area contributed by atoms with Crippen molar-refractivity contribution in [2.24, 2.45) is 7.05 Å². The third-order valence-corrected chi connectivity index (χ3v) is 5.52. The monoisotopic (exact) mass is 394 g/mol. The summed E-state index contributed by atoms with van der Waals surface area (Å²) in [6.45, 7) is 2.27. The fourth-order valence-electron chi connectivity index (χ4n) is 3.72. The Morgan fingerprint density at radius 3 is 2.73 bits per heavy atom. The van der Waals surface area contributed by atoms with Gasteiger partial charge in [0.15, 0.2) is 5.69 Å². The average Bonchev–Trinajstić information content (AvgIpc) is 3.16. The van der Waals surface area contributed by atoms with E-state index in [1.807, 2.05) is 24.3 Å². The number of halogens is 2. The molecular weight excluding hydrogens is 375 g/mol. The van der Waals surface area contributed by atoms with Gasteiger partial charge in [-0.15, -0.1) is 0 Å². The molecule has 8 heteroatoms. The van der Waals surface area contributed by atoms with E-state index >= 15 is 0 Å². The molecule has 6 nitrogen and oxygen atoms in total. The largest absolute Gasteiger partial charge is 0.371 e. The van der Waals surface area contributed by atoms with E-state index < -0.39 is 0 Å². The minimum Gasteiger partial charge on any atom is -0.371 e. The molecule has 3 atom stereocenters. The first-order chi connectivity index (χ1) is 12.5. The molecule has 3 heterocycles. The first kappa shape index (κ1) is 17.8. The lowest BCUT2D eigenvalue weighted by Crippen LogP contribution is -2.43. The zero-order chi connectivity index (χ0) is 18.3. The summed E-state index contributed by atoms with van der Waals surface area (Å²) in [5.74, 6) is -0.226. The van der Waals surface area contributed by atoms with Crippen LogP contribution in [0.25, 0.3) is 0 Å². The van der Waals surface area contributed by atoms with Crippen molar-refractivity contribution in [2.45, 2.75) is 24.6 Å². The summed E-state index contributed by atoms with van der Waals surface area (Å²) in [6.07, 6.45) is 2.52. The second-order valence-corrected chi connectivity index (χ2v) is 7.73. The maximum absolute atomic E-state index is 12.4. The summed E-state index contributed by atoms with van der Waals surface area (Å²) in [6, 6.07) is 8.17. The Kier molecular flexibility index (Phi) is 4.92. The maximum atomic E-state index is 12.4. The van der Waals surface area contributed by atoms with E-state index in [-0.39, 0.29) is 23.7 Å². The molecule has 2 aliphatic rings. The predicted molar refractivity (Wildman–Crippen MR) is 99.6 cm³/mol. The SMILES string of the molecule is Cn1cc(Cl)c(C(=O)NC2CC3COC(c4ccc(Cl)cc4)CN3C2)n1. The van der Waals surface area contributed by atoms with E-state index in [1.165, 1.54) is 0 Å². The number of ether oxygens (including phenoxy) is 1. The molecule has 138 valence electrons. The number of carbonyl (C=O) groups is 1. The standard InChI is InChI=1S/C18H20Cl2N4O2/c1-23-8-15(20)17(22-23)18(25)21-13-6-14-10-26-16(9-24(14)7-13)11-2-4-12(19)5-3-11/h2-5,8,13-14,16H,6-7,9-10H2,1H3,(H,21,25). The van der Waals surface area contributed by atoms with E-state index in [2.05, 4.69) is 15.3 Å². The van der Waals surface area contributed by atoms with Gasteiger partial charge in [-0.25, -0.2) is 0 Å². The van der Waals surface area contributed by atoms with E-state index in [0.29, 0.717) is 17.7 Å². The van der Waals surface area contributed by atoms with Gasteiger partial charge in [-0.2, -0.15) is 5.10 Å². The lowest BCUT2D eigenvalue weighted by Gasteiger charge is -2.35. The molecule has 1 N–H and O–H groups in total. The molecule has 0 aliphatic carbocycles. The van der Waals surface area contributed by atoms with Crippen molar-refractivity contribution in [3.63, 3.8) is 0 Å². The van der Waals surface area contributed by atoms with Crippen LogP contribution in [0.3, 0.4) is 0 Å². The number of rotatable bonds is 3. The number of amides is 1. The van der Waals surface area contributed by atoms with Crippen LogP contribution in [0.4, 0.5) is 0 Å². The number of benzene rings is 1. The van der Waals surface area contributed by atoms with Crippen molar-refractivity contribution in [3.05, 3.63) is 51.8 Å². The molecule has 0 spiro atoms. The van der Waals surface area contributed by atoms with Crippen LogP contribution in [0, 0.1) is 0 Å². The zero-order valence-electron chi connectivity index (χ0n) is 14.4. The van der Waals surface area contributed by atoms with Gasteiger partial charge in [0.1, 0.15) is 0 Å². The van der Waals surface area contributed by atoms with E-state index in [0.717, 1.165) is 30.1 Å². The lowest BCUT2D eigenvalue weighted by molar-refractivity contribution is -0.0502. The number of carbonyl (C=O) groups excluding carboxylic acids is 1. The third kappa shape index (κ3) is 3.60. The summed E-state index contributed by atoms with van der Waals surface area (Å²) in [5.41, 5.74) is 1.40. The molecule has 2 aromatic rings.